The zero-order chi connectivity index (χ0) is 51.3. The quantitative estimate of drug-likeness (QED) is 0.0812. The summed E-state index contributed by atoms with van der Waals surface area (Å²) >= 11 is 0. The molecule has 7 aliphatic rings. The van der Waals surface area contributed by atoms with E-state index >= 15 is 0 Å². The number of amides is 1. The van der Waals surface area contributed by atoms with Crippen molar-refractivity contribution in [2.75, 3.05) is 89.8 Å². The van der Waals surface area contributed by atoms with Crippen LogP contribution in [0.5, 0.6) is 11.8 Å². The van der Waals surface area contributed by atoms with Crippen LogP contribution in [-0.4, -0.2) is 156 Å². The molecular weight excluding hydrogens is 939 g/mol. The lowest BCUT2D eigenvalue weighted by atomic mass is 9.72. The number of ether oxygens (including phenoxy) is 5. The molecule has 6 fully saturated rings. The highest BCUT2D eigenvalue weighted by Crippen LogP contribution is 2.50. The molecule has 3 aromatic heterocycles. The number of pyridine rings is 1. The third-order valence-corrected chi connectivity index (χ3v) is 17.8. The number of piperazine rings is 1. The molecule has 0 radical (unpaired) electrons. The van der Waals surface area contributed by atoms with Gasteiger partial charge in [0.05, 0.1) is 41.3 Å². The maximum absolute atomic E-state index is 13.6. The van der Waals surface area contributed by atoms with Crippen molar-refractivity contribution in [2.45, 2.75) is 134 Å². The smallest absolute Gasteiger partial charge is 0.410 e. The van der Waals surface area contributed by atoms with E-state index in [9.17, 15) is 9.59 Å². The number of fused-ring (bicyclic) bond motifs is 7. The Morgan fingerprint density at radius 2 is 1.70 bits per heavy atom. The average molecular weight is 1010 g/mol. The van der Waals surface area contributed by atoms with Gasteiger partial charge in [-0.3, -0.25) is 19.6 Å². The largest absolute Gasteiger partial charge is 0.468 e. The number of aromatic nitrogens is 4. The summed E-state index contributed by atoms with van der Waals surface area (Å²) < 4.78 is 35.1. The van der Waals surface area contributed by atoms with Gasteiger partial charge in [-0.1, -0.05) is 44.1 Å². The molecule has 5 aromatic rings. The van der Waals surface area contributed by atoms with Gasteiger partial charge < -0.3 is 42.9 Å². The van der Waals surface area contributed by atoms with Gasteiger partial charge in [0.1, 0.15) is 29.7 Å². The lowest BCUT2D eigenvalue weighted by Crippen LogP contribution is -2.61. The van der Waals surface area contributed by atoms with Gasteiger partial charge in [0.15, 0.2) is 18.4 Å². The summed E-state index contributed by atoms with van der Waals surface area (Å²) in [4.78, 5) is 54.3. The third-order valence-electron chi connectivity index (χ3n) is 17.8. The summed E-state index contributed by atoms with van der Waals surface area (Å²) in [5.74, 6) is 2.20. The van der Waals surface area contributed by atoms with Crippen LogP contribution in [0.4, 0.5) is 16.4 Å². The Labute approximate surface area is 434 Å². The minimum Gasteiger partial charge on any atom is -0.468 e. The first-order valence-corrected chi connectivity index (χ1v) is 27.2. The van der Waals surface area contributed by atoms with Gasteiger partial charge in [-0.25, -0.2) is 4.79 Å². The van der Waals surface area contributed by atoms with E-state index < -0.39 is 11.5 Å². The molecule has 17 heteroatoms. The molecule has 6 saturated heterocycles. The van der Waals surface area contributed by atoms with Gasteiger partial charge in [-0.15, -0.1) is 0 Å². The number of hydrogen-bond acceptors (Lipinski definition) is 16. The van der Waals surface area contributed by atoms with Gasteiger partial charge in [0.2, 0.25) is 0 Å². The van der Waals surface area contributed by atoms with Crippen LogP contribution in [0.2, 0.25) is 0 Å². The lowest BCUT2D eigenvalue weighted by molar-refractivity contribution is -0.144. The molecule has 0 N–H and O–H groups in total. The SMILES string of the molecule is COCOc1cc2c3c(cccc3c1)C(C)c1c-2ncc2c(N3CC4CCC(C3)N4C(=O)OC(C)(C)C)nc(OC[C@@]34CCCN3[C@H](CN3CCC5(CC3)CN(c3cc(C(C(=O)OC)C(C)C)on3)C5)CC4)nc12. The third kappa shape index (κ3) is 8.58. The summed E-state index contributed by atoms with van der Waals surface area (Å²) in [7, 11) is 3.05. The number of nitrogens with zero attached hydrogens (tertiary/aromatic N) is 9. The maximum atomic E-state index is 13.6. The predicted molar refractivity (Wildman–Crippen MR) is 281 cm³/mol. The molecule has 394 valence electrons. The summed E-state index contributed by atoms with van der Waals surface area (Å²) in [6.07, 6.45) is 10.3. The van der Waals surface area contributed by atoms with Gasteiger partial charge in [0.25, 0.3) is 0 Å². The fourth-order valence-corrected chi connectivity index (χ4v) is 14.2. The van der Waals surface area contributed by atoms with Crippen molar-refractivity contribution in [1.29, 1.82) is 0 Å². The van der Waals surface area contributed by atoms with E-state index in [1.165, 1.54) is 18.1 Å². The molecule has 2 bridgehead atoms. The van der Waals surface area contributed by atoms with E-state index in [1.54, 1.807) is 7.11 Å². The summed E-state index contributed by atoms with van der Waals surface area (Å²) in [6, 6.07) is 13.4. The number of likely N-dealkylation sites (tertiary alicyclic amines) is 1. The number of piperidine rings is 1. The van der Waals surface area contributed by atoms with Crippen LogP contribution in [0.3, 0.4) is 0 Å². The molecule has 2 aromatic carbocycles. The first kappa shape index (κ1) is 49.1. The molecule has 17 nitrogen and oxygen atoms in total. The van der Waals surface area contributed by atoms with Crippen LogP contribution in [0.1, 0.15) is 122 Å². The van der Waals surface area contributed by atoms with Crippen molar-refractivity contribution in [3.63, 3.8) is 0 Å². The number of esters is 1. The molecule has 6 aliphatic heterocycles. The highest BCUT2D eigenvalue weighted by atomic mass is 16.7. The van der Waals surface area contributed by atoms with E-state index in [4.69, 9.17) is 43.2 Å². The van der Waals surface area contributed by atoms with E-state index in [0.717, 1.165) is 141 Å². The Kier molecular flexibility index (Phi) is 12.5. The van der Waals surface area contributed by atoms with Gasteiger partial charge in [-0.05, 0) is 126 Å². The molecule has 0 saturated carbocycles. The Bertz CT molecular complexity index is 2940. The number of carbonyl (C=O) groups excluding carboxylic acids is 2. The first-order chi connectivity index (χ1) is 35.6. The summed E-state index contributed by atoms with van der Waals surface area (Å²) in [5.41, 5.74) is 4.65. The molecule has 6 atom stereocenters. The standard InChI is InChI=1S/C57H73N9O8/c1-34(2)46(52(67)70-8)44-25-45(61-74-44)64-30-56(31-64)18-21-62(22-19-56)27-37-15-17-57(16-10-20-65(37)57)32-71-53-59-50-43(51(60-53)63-28-38-13-14-39(29-63)66(38)54(68)73-55(4,5)6)26-58-49-42-24-40(72-33-69-7)23-36-11-9-12-41(48(36)42)35(3)47(49)50/h9,11-12,23-26,34-35,37-39,46H,10,13-22,27-33H2,1-8H3/t35?,37-,38?,39?,46?,57-/m0/s1. The predicted octanol–water partition coefficient (Wildman–Crippen LogP) is 8.76. The monoisotopic (exact) mass is 1010 g/mol. The molecule has 74 heavy (non-hydrogen) atoms. The van der Waals surface area contributed by atoms with Crippen LogP contribution in [-0.2, 0) is 19.0 Å². The molecule has 9 heterocycles. The topological polar surface area (TPSA) is 161 Å². The summed E-state index contributed by atoms with van der Waals surface area (Å²) in [5, 5.41) is 7.54. The van der Waals surface area contributed by atoms with Gasteiger partial charge in [-0.2, -0.15) is 9.97 Å². The highest BCUT2D eigenvalue weighted by Gasteiger charge is 2.52. The Morgan fingerprint density at radius 1 is 0.919 bits per heavy atom. The number of rotatable bonds is 13. The fraction of sp³-hybridized carbons (Fsp3) is 0.614. The maximum Gasteiger partial charge on any atom is 0.410 e. The van der Waals surface area contributed by atoms with Crippen LogP contribution in [0.15, 0.2) is 47.1 Å². The van der Waals surface area contributed by atoms with Crippen molar-refractivity contribution in [1.82, 2.24) is 34.8 Å². The second-order valence-corrected chi connectivity index (χ2v) is 24.0. The van der Waals surface area contributed by atoms with Crippen molar-refractivity contribution in [3.8, 4) is 23.0 Å². The highest BCUT2D eigenvalue weighted by molar-refractivity contribution is 6.06. The number of carbonyl (C=O) groups is 2. The van der Waals surface area contributed by atoms with Crippen LogP contribution < -0.4 is 19.3 Å². The van der Waals surface area contributed by atoms with Crippen molar-refractivity contribution < 1.29 is 37.8 Å². The van der Waals surface area contributed by atoms with Crippen LogP contribution >= 0.6 is 0 Å². The zero-order valence-electron chi connectivity index (χ0n) is 44.5. The van der Waals surface area contributed by atoms with E-state index in [-0.39, 0.29) is 53.7 Å². The number of anilines is 2. The molecular formula is C57H73N9O8. The normalized spacial score (nSPS) is 25.7. The first-order valence-electron chi connectivity index (χ1n) is 27.2. The fourth-order valence-electron chi connectivity index (χ4n) is 14.2. The number of benzene rings is 2. The number of methoxy groups -OCH3 is 2. The molecule has 12 rings (SSSR count). The van der Waals surface area contributed by atoms with Crippen molar-refractivity contribution in [3.05, 3.63) is 59.5 Å². The zero-order valence-corrected chi connectivity index (χ0v) is 44.5. The Hall–Kier alpha value is -5.78. The molecule has 4 unspecified atom stereocenters. The molecule has 1 spiro atoms. The Balaban J connectivity index is 0.784. The van der Waals surface area contributed by atoms with Gasteiger partial charge in [0, 0.05) is 80.6 Å². The van der Waals surface area contributed by atoms with E-state index in [0.29, 0.717) is 37.5 Å². The van der Waals surface area contributed by atoms with Crippen molar-refractivity contribution in [2.24, 2.45) is 11.3 Å². The average Bonchev–Trinajstić information content (AvgIpc) is 4.17. The van der Waals surface area contributed by atoms with Crippen molar-refractivity contribution >= 4 is 45.4 Å². The van der Waals surface area contributed by atoms with E-state index in [1.807, 2.05) is 51.8 Å². The molecule has 1 amide bonds. The number of hydrogen-bond donors (Lipinski definition) is 0. The minimum atomic E-state index is -0.576. The van der Waals surface area contributed by atoms with Crippen LogP contribution in [0, 0.1) is 11.3 Å². The minimum absolute atomic E-state index is 0.00102. The van der Waals surface area contributed by atoms with Crippen LogP contribution in [0.25, 0.3) is 32.9 Å². The molecule has 1 aliphatic carbocycles. The summed E-state index contributed by atoms with van der Waals surface area (Å²) in [6.45, 7) is 20.2. The second kappa shape index (κ2) is 18.8. The van der Waals surface area contributed by atoms with E-state index in [2.05, 4.69) is 62.0 Å². The second-order valence-electron chi connectivity index (χ2n) is 24.0. The lowest BCUT2D eigenvalue weighted by Gasteiger charge is -2.54. The Morgan fingerprint density at radius 3 is 2.43 bits per heavy atom. The van der Waals surface area contributed by atoms with Gasteiger partial charge >= 0.3 is 18.1 Å².